The van der Waals surface area contributed by atoms with Gasteiger partial charge in [0.25, 0.3) is 5.91 Å². The molecule has 0 spiro atoms. The van der Waals surface area contributed by atoms with Gasteiger partial charge in [-0.1, -0.05) is 19.9 Å². The standard InChI is InChI=1S/C26H27Br2NO5S/c1-5-16(3)19-14-18(9-10-22(19)32-4)34-25-20(27)12-17(13-21(25)28)29(15-24(30)33-6-2)26(31)23-8-7-11-35-23/h7-14,16H,5-6,15H2,1-4H3. The number of carbonyl (C=O) groups is 2. The Morgan fingerprint density at radius 3 is 2.37 bits per heavy atom. The van der Waals surface area contributed by atoms with Crippen LogP contribution in [0.25, 0.3) is 0 Å². The van der Waals surface area contributed by atoms with Crippen LogP contribution in [0.1, 0.15) is 48.3 Å². The molecule has 6 nitrogen and oxygen atoms in total. The number of amides is 1. The Morgan fingerprint density at radius 1 is 1.09 bits per heavy atom. The van der Waals surface area contributed by atoms with E-state index in [1.54, 1.807) is 38.3 Å². The van der Waals surface area contributed by atoms with Crippen molar-refractivity contribution >= 4 is 60.8 Å². The molecule has 1 amide bonds. The fourth-order valence-corrected chi connectivity index (χ4v) is 5.44. The van der Waals surface area contributed by atoms with Gasteiger partial charge in [0.2, 0.25) is 0 Å². The first-order valence-electron chi connectivity index (χ1n) is 11.1. The molecule has 0 saturated heterocycles. The van der Waals surface area contributed by atoms with Gasteiger partial charge in [0.05, 0.1) is 27.5 Å². The Balaban J connectivity index is 1.95. The van der Waals surface area contributed by atoms with Gasteiger partial charge in [0, 0.05) is 11.3 Å². The van der Waals surface area contributed by atoms with Crippen molar-refractivity contribution in [2.24, 2.45) is 0 Å². The lowest BCUT2D eigenvalue weighted by Crippen LogP contribution is -2.36. The van der Waals surface area contributed by atoms with E-state index in [4.69, 9.17) is 14.2 Å². The van der Waals surface area contributed by atoms with E-state index >= 15 is 0 Å². The lowest BCUT2D eigenvalue weighted by atomic mass is 9.97. The van der Waals surface area contributed by atoms with E-state index in [9.17, 15) is 9.59 Å². The molecule has 3 rings (SSSR count). The molecule has 0 aliphatic carbocycles. The van der Waals surface area contributed by atoms with E-state index in [0.717, 1.165) is 17.7 Å². The van der Waals surface area contributed by atoms with Crippen LogP contribution in [0, 0.1) is 0 Å². The molecule has 1 heterocycles. The summed E-state index contributed by atoms with van der Waals surface area (Å²) in [7, 11) is 1.66. The minimum atomic E-state index is -0.485. The van der Waals surface area contributed by atoms with E-state index < -0.39 is 5.97 Å². The van der Waals surface area contributed by atoms with Gasteiger partial charge in [-0.2, -0.15) is 0 Å². The highest BCUT2D eigenvalue weighted by molar-refractivity contribution is 9.11. The third-order valence-corrected chi connectivity index (χ3v) is 7.46. The summed E-state index contributed by atoms with van der Waals surface area (Å²) in [5.74, 6) is 1.57. The molecular formula is C26H27Br2NO5S. The van der Waals surface area contributed by atoms with E-state index in [1.807, 2.05) is 23.6 Å². The van der Waals surface area contributed by atoms with Gasteiger partial charge >= 0.3 is 5.97 Å². The maximum atomic E-state index is 13.2. The molecule has 35 heavy (non-hydrogen) atoms. The summed E-state index contributed by atoms with van der Waals surface area (Å²) in [5, 5.41) is 1.82. The van der Waals surface area contributed by atoms with Crippen molar-refractivity contribution in [2.75, 3.05) is 25.2 Å². The van der Waals surface area contributed by atoms with Crippen LogP contribution >= 0.6 is 43.2 Å². The monoisotopic (exact) mass is 623 g/mol. The maximum absolute atomic E-state index is 13.2. The van der Waals surface area contributed by atoms with Crippen molar-refractivity contribution < 1.29 is 23.8 Å². The minimum Gasteiger partial charge on any atom is -0.496 e. The second-order valence-corrected chi connectivity index (χ2v) is 10.4. The summed E-state index contributed by atoms with van der Waals surface area (Å²) >= 11 is 8.47. The number of halogens is 2. The zero-order chi connectivity index (χ0) is 25.5. The minimum absolute atomic E-state index is 0.208. The number of rotatable bonds is 10. The number of hydrogen-bond acceptors (Lipinski definition) is 6. The number of anilines is 1. The highest BCUT2D eigenvalue weighted by Crippen LogP contribution is 2.42. The Kier molecular flexibility index (Phi) is 9.77. The summed E-state index contributed by atoms with van der Waals surface area (Å²) in [5.41, 5.74) is 1.59. The summed E-state index contributed by atoms with van der Waals surface area (Å²) in [6.45, 7) is 6.03. The Labute approximate surface area is 226 Å². The van der Waals surface area contributed by atoms with Crippen molar-refractivity contribution in [2.45, 2.75) is 33.1 Å². The van der Waals surface area contributed by atoms with Crippen molar-refractivity contribution in [3.05, 3.63) is 67.2 Å². The average molecular weight is 625 g/mol. The van der Waals surface area contributed by atoms with E-state index in [0.29, 0.717) is 36.9 Å². The van der Waals surface area contributed by atoms with Crippen molar-refractivity contribution in [1.29, 1.82) is 0 Å². The summed E-state index contributed by atoms with van der Waals surface area (Å²) in [6.07, 6.45) is 0.969. The molecule has 0 radical (unpaired) electrons. The fourth-order valence-electron chi connectivity index (χ4n) is 3.45. The van der Waals surface area contributed by atoms with Crippen molar-refractivity contribution in [1.82, 2.24) is 0 Å². The molecule has 0 fully saturated rings. The molecule has 1 unspecified atom stereocenters. The predicted molar refractivity (Wildman–Crippen MR) is 146 cm³/mol. The van der Waals surface area contributed by atoms with Crippen LogP contribution in [0.3, 0.4) is 0 Å². The number of nitrogens with zero attached hydrogens (tertiary/aromatic N) is 1. The van der Waals surface area contributed by atoms with Crippen LogP contribution in [-0.2, 0) is 9.53 Å². The van der Waals surface area contributed by atoms with Crippen molar-refractivity contribution in [3.63, 3.8) is 0 Å². The van der Waals surface area contributed by atoms with E-state index in [-0.39, 0.29) is 19.1 Å². The van der Waals surface area contributed by atoms with E-state index in [1.165, 1.54) is 16.2 Å². The normalized spacial score (nSPS) is 11.6. The third kappa shape index (κ3) is 6.65. The molecule has 9 heteroatoms. The molecule has 2 aromatic carbocycles. The lowest BCUT2D eigenvalue weighted by Gasteiger charge is -2.23. The number of benzene rings is 2. The Bertz CT molecular complexity index is 1160. The Hall–Kier alpha value is -2.36. The first kappa shape index (κ1) is 27.2. The largest absolute Gasteiger partial charge is 0.496 e. The highest BCUT2D eigenvalue weighted by atomic mass is 79.9. The third-order valence-electron chi connectivity index (χ3n) is 5.43. The molecule has 0 N–H and O–H groups in total. The van der Waals surface area contributed by atoms with Gasteiger partial charge in [-0.05, 0) is 92.9 Å². The number of esters is 1. The van der Waals surface area contributed by atoms with E-state index in [2.05, 4.69) is 45.7 Å². The van der Waals surface area contributed by atoms with Gasteiger partial charge in [-0.25, -0.2) is 0 Å². The van der Waals surface area contributed by atoms with Gasteiger partial charge in [0.15, 0.2) is 5.75 Å². The second-order valence-electron chi connectivity index (χ2n) is 7.73. The molecule has 0 saturated carbocycles. The molecular weight excluding hydrogens is 598 g/mol. The van der Waals surface area contributed by atoms with Gasteiger partial charge in [0.1, 0.15) is 18.0 Å². The van der Waals surface area contributed by atoms with Gasteiger partial charge in [-0.15, -0.1) is 11.3 Å². The summed E-state index contributed by atoms with van der Waals surface area (Å²) < 4.78 is 18.1. The van der Waals surface area contributed by atoms with Crippen LogP contribution in [0.2, 0.25) is 0 Å². The molecule has 3 aromatic rings. The molecule has 1 atom stereocenters. The predicted octanol–water partition coefficient (Wildman–Crippen LogP) is 7.80. The molecule has 186 valence electrons. The van der Waals surface area contributed by atoms with Crippen LogP contribution < -0.4 is 14.4 Å². The zero-order valence-corrected chi connectivity index (χ0v) is 24.0. The Morgan fingerprint density at radius 2 is 1.80 bits per heavy atom. The number of methoxy groups -OCH3 is 1. The first-order valence-corrected chi connectivity index (χ1v) is 13.6. The smallest absolute Gasteiger partial charge is 0.326 e. The first-order chi connectivity index (χ1) is 16.8. The van der Waals surface area contributed by atoms with Crippen LogP contribution in [0.15, 0.2) is 56.8 Å². The SMILES string of the molecule is CCOC(=O)CN(C(=O)c1cccs1)c1cc(Br)c(Oc2ccc(OC)c(C(C)CC)c2)c(Br)c1. The molecule has 0 aliphatic heterocycles. The van der Waals surface area contributed by atoms with Crippen LogP contribution in [0.5, 0.6) is 17.2 Å². The highest BCUT2D eigenvalue weighted by Gasteiger charge is 2.24. The second kappa shape index (κ2) is 12.6. The number of carbonyl (C=O) groups excluding carboxylic acids is 2. The van der Waals surface area contributed by atoms with Gasteiger partial charge < -0.3 is 14.2 Å². The number of thiophene rings is 1. The number of hydrogen-bond donors (Lipinski definition) is 0. The summed E-state index contributed by atoms with van der Waals surface area (Å²) in [4.78, 5) is 27.4. The molecule has 0 aliphatic rings. The average Bonchev–Trinajstić information content (AvgIpc) is 3.39. The zero-order valence-electron chi connectivity index (χ0n) is 20.0. The topological polar surface area (TPSA) is 65.1 Å². The molecule has 0 bridgehead atoms. The summed E-state index contributed by atoms with van der Waals surface area (Å²) in [6, 6.07) is 12.8. The van der Waals surface area contributed by atoms with Crippen LogP contribution in [0.4, 0.5) is 5.69 Å². The quantitative estimate of drug-likeness (QED) is 0.215. The van der Waals surface area contributed by atoms with Gasteiger partial charge in [-0.3, -0.25) is 14.5 Å². The molecule has 1 aromatic heterocycles. The van der Waals surface area contributed by atoms with Crippen LogP contribution in [-0.4, -0.2) is 32.1 Å². The van der Waals surface area contributed by atoms with Crippen molar-refractivity contribution in [3.8, 4) is 17.2 Å². The fraction of sp³-hybridized carbons (Fsp3) is 0.308. The maximum Gasteiger partial charge on any atom is 0.326 e. The lowest BCUT2D eigenvalue weighted by molar-refractivity contribution is -0.141. The number of ether oxygens (including phenoxy) is 3.